The lowest BCUT2D eigenvalue weighted by Gasteiger charge is -2.38. The van der Waals surface area contributed by atoms with Gasteiger partial charge in [-0.3, -0.25) is 19.8 Å². The average molecular weight is 682 g/mol. The number of nitrogens with two attached hydrogens (primary N) is 1. The number of benzene rings is 2. The zero-order valence-electron chi connectivity index (χ0n) is 27.1. The molecule has 0 saturated carbocycles. The highest BCUT2D eigenvalue weighted by molar-refractivity contribution is 6.33. The van der Waals surface area contributed by atoms with Gasteiger partial charge in [-0.2, -0.15) is 19.0 Å². The summed E-state index contributed by atoms with van der Waals surface area (Å²) in [6.45, 7) is 6.05. The largest absolute Gasteiger partial charge is 0.447 e. The van der Waals surface area contributed by atoms with Crippen LogP contribution in [0.3, 0.4) is 0 Å². The summed E-state index contributed by atoms with van der Waals surface area (Å²) >= 11 is 6.54. The molecule has 0 bridgehead atoms. The van der Waals surface area contributed by atoms with Crippen LogP contribution >= 0.6 is 11.6 Å². The van der Waals surface area contributed by atoms with E-state index in [4.69, 9.17) is 22.1 Å². The molecule has 1 fully saturated rings. The molecule has 3 heterocycles. The van der Waals surface area contributed by atoms with E-state index >= 15 is 0 Å². The van der Waals surface area contributed by atoms with Gasteiger partial charge in [0.1, 0.15) is 12.9 Å². The Kier molecular flexibility index (Phi) is 10.4. The van der Waals surface area contributed by atoms with Gasteiger partial charge in [-0.25, -0.2) is 14.5 Å². The number of rotatable bonds is 10. The van der Waals surface area contributed by atoms with Crippen LogP contribution in [0.2, 0.25) is 5.02 Å². The predicted molar refractivity (Wildman–Crippen MR) is 177 cm³/mol. The third-order valence-corrected chi connectivity index (χ3v) is 8.47. The van der Waals surface area contributed by atoms with E-state index in [-0.39, 0.29) is 29.6 Å². The molecule has 2 aromatic heterocycles. The number of hydrogen-bond acceptors (Lipinski definition) is 7. The molecule has 15 heteroatoms. The molecule has 2 atom stereocenters. The van der Waals surface area contributed by atoms with E-state index < -0.39 is 24.6 Å². The summed E-state index contributed by atoms with van der Waals surface area (Å²) in [5, 5.41) is 10.8. The van der Waals surface area contributed by atoms with Crippen LogP contribution in [0.4, 0.5) is 13.6 Å². The van der Waals surface area contributed by atoms with Crippen LogP contribution in [0.15, 0.2) is 66.2 Å². The number of nitrogens with zero attached hydrogens (tertiary/aromatic N) is 7. The molecule has 2 amide bonds. The number of carbonyl (C=O) groups is 2. The fraction of sp³-hybridized carbons (Fsp3) is 0.394. The fourth-order valence-corrected chi connectivity index (χ4v) is 5.34. The van der Waals surface area contributed by atoms with Crippen molar-refractivity contribution in [3.63, 3.8) is 0 Å². The molecule has 12 nitrogen and oxygen atoms in total. The first-order chi connectivity index (χ1) is 22.8. The summed E-state index contributed by atoms with van der Waals surface area (Å²) in [7, 11) is 0. The second-order valence-electron chi connectivity index (χ2n) is 12.8. The van der Waals surface area contributed by atoms with E-state index in [1.165, 1.54) is 23.6 Å². The summed E-state index contributed by atoms with van der Waals surface area (Å²) in [5.41, 5.74) is 8.94. The number of hydrogen-bond donors (Lipinski definition) is 2. The van der Waals surface area contributed by atoms with Gasteiger partial charge in [-0.05, 0) is 60.6 Å². The smallest absolute Gasteiger partial charge is 0.410 e. The highest BCUT2D eigenvalue weighted by Gasteiger charge is 2.34. The van der Waals surface area contributed by atoms with E-state index in [9.17, 15) is 18.4 Å². The quantitative estimate of drug-likeness (QED) is 0.142. The number of ether oxygens (including phenoxy) is 1. The summed E-state index contributed by atoms with van der Waals surface area (Å²) < 4.78 is 32.6. The first-order valence-electron chi connectivity index (χ1n) is 15.5. The van der Waals surface area contributed by atoms with Crippen molar-refractivity contribution in [2.75, 3.05) is 19.7 Å². The fourth-order valence-electron chi connectivity index (χ4n) is 5.13. The highest BCUT2D eigenvalue weighted by Crippen LogP contribution is 2.33. The van der Waals surface area contributed by atoms with Gasteiger partial charge in [0.2, 0.25) is 0 Å². The van der Waals surface area contributed by atoms with Crippen LogP contribution in [0, 0.1) is 5.41 Å². The minimum atomic E-state index is -2.78. The van der Waals surface area contributed by atoms with Crippen LogP contribution in [0.5, 0.6) is 0 Å². The third kappa shape index (κ3) is 7.98. The second-order valence-corrected chi connectivity index (χ2v) is 13.2. The Labute approximate surface area is 281 Å². The maximum Gasteiger partial charge on any atom is 0.410 e. The van der Waals surface area contributed by atoms with Gasteiger partial charge in [0.15, 0.2) is 11.8 Å². The van der Waals surface area contributed by atoms with E-state index in [1.807, 2.05) is 6.92 Å². The summed E-state index contributed by atoms with van der Waals surface area (Å²) in [4.78, 5) is 39.2. The molecule has 1 unspecified atom stereocenters. The zero-order valence-corrected chi connectivity index (χ0v) is 27.9. The van der Waals surface area contributed by atoms with Gasteiger partial charge in [-0.1, -0.05) is 50.6 Å². The maximum absolute atomic E-state index is 14.4. The van der Waals surface area contributed by atoms with Gasteiger partial charge in [0.05, 0.1) is 17.3 Å². The van der Waals surface area contributed by atoms with Crippen molar-refractivity contribution in [3.8, 4) is 22.5 Å². The number of nitrogens with one attached hydrogen (secondary N) is 1. The van der Waals surface area contributed by atoms with Crippen molar-refractivity contribution in [2.24, 2.45) is 16.1 Å². The topological polar surface area (TPSA) is 148 Å². The average Bonchev–Trinajstić information content (AvgIpc) is 3.75. The molecule has 5 rings (SSSR count). The molecule has 3 N–H and O–H groups in total. The Hall–Kier alpha value is -4.85. The van der Waals surface area contributed by atoms with Crippen molar-refractivity contribution < 1.29 is 23.1 Å². The Morgan fingerprint density at radius 1 is 1.19 bits per heavy atom. The Balaban J connectivity index is 1.54. The van der Waals surface area contributed by atoms with Gasteiger partial charge in [0, 0.05) is 42.0 Å². The molecule has 2 aromatic carbocycles. The number of aromatic nitrogens is 5. The van der Waals surface area contributed by atoms with Crippen LogP contribution < -0.4 is 5.73 Å². The number of likely N-dealkylation sites (tertiary alicyclic amines) is 1. The lowest BCUT2D eigenvalue weighted by molar-refractivity contribution is 0.0382. The second kappa shape index (κ2) is 14.5. The van der Waals surface area contributed by atoms with Crippen LogP contribution in [-0.2, 0) is 4.74 Å². The van der Waals surface area contributed by atoms with Crippen LogP contribution in [-0.4, -0.2) is 78.5 Å². The van der Waals surface area contributed by atoms with E-state index in [2.05, 4.69) is 46.0 Å². The van der Waals surface area contributed by atoms with E-state index in [0.29, 0.717) is 57.3 Å². The van der Waals surface area contributed by atoms with Crippen molar-refractivity contribution in [3.05, 3.63) is 77.3 Å². The van der Waals surface area contributed by atoms with Crippen molar-refractivity contribution in [2.45, 2.75) is 59.2 Å². The van der Waals surface area contributed by atoms with Crippen molar-refractivity contribution in [1.82, 2.24) is 34.8 Å². The minimum Gasteiger partial charge on any atom is -0.447 e. The van der Waals surface area contributed by atoms with Crippen molar-refractivity contribution >= 4 is 29.6 Å². The molecule has 0 spiro atoms. The number of aliphatic imine (C=N–C) groups is 1. The van der Waals surface area contributed by atoms with E-state index in [1.54, 1.807) is 47.4 Å². The van der Waals surface area contributed by atoms with E-state index in [0.717, 1.165) is 6.42 Å². The lowest BCUT2D eigenvalue weighted by Crippen LogP contribution is -2.51. The summed E-state index contributed by atoms with van der Waals surface area (Å²) in [6.07, 6.45) is 4.96. The highest BCUT2D eigenvalue weighted by atomic mass is 35.5. The number of halogens is 3. The first kappa shape index (κ1) is 34.5. The number of aromatic amines is 1. The molecule has 4 aromatic rings. The molecule has 0 aliphatic carbocycles. The summed E-state index contributed by atoms with van der Waals surface area (Å²) in [6, 6.07) is 10.6. The Morgan fingerprint density at radius 2 is 1.94 bits per heavy atom. The van der Waals surface area contributed by atoms with Gasteiger partial charge < -0.3 is 15.4 Å². The van der Waals surface area contributed by atoms with Gasteiger partial charge >= 0.3 is 12.6 Å². The molecule has 1 aliphatic rings. The molecule has 1 aliphatic heterocycles. The molecule has 48 heavy (non-hydrogen) atoms. The number of amides is 2. The zero-order chi connectivity index (χ0) is 34.6. The van der Waals surface area contributed by atoms with Crippen LogP contribution in [0.25, 0.3) is 22.5 Å². The molecule has 0 radical (unpaired) electrons. The number of guanidine groups is 1. The van der Waals surface area contributed by atoms with Crippen molar-refractivity contribution in [1.29, 1.82) is 0 Å². The Bertz CT molecular complexity index is 1750. The number of H-pyrrole nitrogens is 1. The standard InChI is InChI=1S/C33H38ClF2N9O3/c1-20-11-14-43(20)32(47)48-18-27(23-9-10-26(34)25(15-23)28-39-19-40-42-28)45(31(37)38-13-12-33(2,3)4)29(46)22-7-5-21(6-8-22)24-16-41-44(17-24)30(35)36/h5-10,15-17,19-20,27,30H,11-14,18H2,1-4H3,(H2,37,38)(H,39,40,42)/t20?,27-/m1/s1. The molecule has 254 valence electrons. The summed E-state index contributed by atoms with van der Waals surface area (Å²) in [5.74, 6) is -0.181. The molecular weight excluding hydrogens is 644 g/mol. The minimum absolute atomic E-state index is 0.0395. The number of alkyl halides is 2. The Morgan fingerprint density at radius 3 is 2.52 bits per heavy atom. The first-order valence-corrected chi connectivity index (χ1v) is 15.8. The predicted octanol–water partition coefficient (Wildman–Crippen LogP) is 6.55. The lowest BCUT2D eigenvalue weighted by atomic mass is 9.92. The SMILES string of the molecule is CC1CCN1C(=O)OC[C@H](c1ccc(Cl)c(-c2ncn[nH]2)c1)N(C(=O)c1ccc(-c2cnn(C(F)F)c2)cc1)C(N)=NCCC(C)(C)C. The monoisotopic (exact) mass is 681 g/mol. The number of carbonyl (C=O) groups excluding carboxylic acids is 2. The van der Waals surface area contributed by atoms with Gasteiger partial charge in [0.25, 0.3) is 5.91 Å². The van der Waals surface area contributed by atoms with Crippen LogP contribution in [0.1, 0.15) is 69.0 Å². The normalized spacial score (nSPS) is 15.7. The maximum atomic E-state index is 14.4. The molecule has 1 saturated heterocycles. The molecular formula is C33H38ClF2N9O3. The van der Waals surface area contributed by atoms with Gasteiger partial charge in [-0.15, -0.1) is 0 Å². The third-order valence-electron chi connectivity index (χ3n) is 8.14.